The molecule has 1 aromatic heterocycles. The van der Waals surface area contributed by atoms with Crippen LogP contribution < -0.4 is 5.32 Å². The molecule has 0 aliphatic heterocycles. The predicted octanol–water partition coefficient (Wildman–Crippen LogP) is 3.58. The standard InChI is InChI=1S/C24H23NO7/c1-14-4-6-15(7-5-14)23(29)24-18(10-11-21(27)30-2)17-9-8-16(12-19(17)32-24)25-20(26)13-22(28)31-3/h4-9,12H,10-11,13H2,1-3H3,(H,25,26). The Labute approximate surface area is 184 Å². The summed E-state index contributed by atoms with van der Waals surface area (Å²) in [5.41, 5.74) is 2.83. The SMILES string of the molecule is COC(=O)CCc1c(C(=O)c2ccc(C)cc2)oc2cc(NC(=O)CC(=O)OC)ccc12. The zero-order valence-corrected chi connectivity index (χ0v) is 18.0. The van der Waals surface area contributed by atoms with E-state index in [9.17, 15) is 19.2 Å². The van der Waals surface area contributed by atoms with Gasteiger partial charge in [0.15, 0.2) is 5.76 Å². The van der Waals surface area contributed by atoms with Crippen molar-refractivity contribution in [1.29, 1.82) is 0 Å². The van der Waals surface area contributed by atoms with Crippen LogP contribution in [0.25, 0.3) is 11.0 Å². The molecular formula is C24H23NO7. The fourth-order valence-corrected chi connectivity index (χ4v) is 3.23. The Bertz CT molecular complexity index is 1180. The van der Waals surface area contributed by atoms with E-state index in [-0.39, 0.29) is 24.4 Å². The molecule has 8 heteroatoms. The molecule has 0 fully saturated rings. The average molecular weight is 437 g/mol. The van der Waals surface area contributed by atoms with E-state index in [1.54, 1.807) is 30.3 Å². The summed E-state index contributed by atoms with van der Waals surface area (Å²) in [6.45, 7) is 1.92. The molecule has 1 heterocycles. The summed E-state index contributed by atoms with van der Waals surface area (Å²) in [5, 5.41) is 3.24. The molecule has 3 aromatic rings. The second-order valence-electron chi connectivity index (χ2n) is 7.19. The number of carbonyl (C=O) groups excluding carboxylic acids is 4. The molecule has 0 unspecified atom stereocenters. The van der Waals surface area contributed by atoms with Crippen molar-refractivity contribution in [2.45, 2.75) is 26.2 Å². The predicted molar refractivity (Wildman–Crippen MR) is 116 cm³/mol. The average Bonchev–Trinajstić information content (AvgIpc) is 3.14. The Morgan fingerprint density at radius 2 is 1.62 bits per heavy atom. The lowest BCUT2D eigenvalue weighted by atomic mass is 9.99. The van der Waals surface area contributed by atoms with Crippen LogP contribution in [0.4, 0.5) is 5.69 Å². The molecule has 166 valence electrons. The Morgan fingerprint density at radius 3 is 2.28 bits per heavy atom. The summed E-state index contributed by atoms with van der Waals surface area (Å²) in [7, 11) is 2.50. The number of furan rings is 1. The number of rotatable bonds is 8. The second kappa shape index (κ2) is 9.91. The van der Waals surface area contributed by atoms with Crippen LogP contribution in [-0.2, 0) is 30.3 Å². The molecule has 0 aliphatic rings. The highest BCUT2D eigenvalue weighted by Crippen LogP contribution is 2.31. The van der Waals surface area contributed by atoms with Crippen molar-refractivity contribution < 1.29 is 33.1 Å². The molecule has 0 spiro atoms. The van der Waals surface area contributed by atoms with Crippen molar-refractivity contribution in [1.82, 2.24) is 0 Å². The molecule has 0 bridgehead atoms. The first-order valence-electron chi connectivity index (χ1n) is 9.92. The van der Waals surface area contributed by atoms with Crippen LogP contribution in [-0.4, -0.2) is 37.8 Å². The van der Waals surface area contributed by atoms with Crippen molar-refractivity contribution in [3.8, 4) is 0 Å². The van der Waals surface area contributed by atoms with Crippen molar-refractivity contribution >= 4 is 40.3 Å². The summed E-state index contributed by atoms with van der Waals surface area (Å²) in [5.74, 6) is -1.77. The van der Waals surface area contributed by atoms with Gasteiger partial charge in [-0.2, -0.15) is 0 Å². The summed E-state index contributed by atoms with van der Waals surface area (Å²) in [6, 6.07) is 12.0. The molecule has 32 heavy (non-hydrogen) atoms. The van der Waals surface area contributed by atoms with E-state index >= 15 is 0 Å². The molecule has 1 N–H and O–H groups in total. The van der Waals surface area contributed by atoms with Crippen LogP contribution >= 0.6 is 0 Å². The Morgan fingerprint density at radius 1 is 0.938 bits per heavy atom. The zero-order valence-electron chi connectivity index (χ0n) is 18.0. The zero-order chi connectivity index (χ0) is 23.3. The number of ketones is 1. The van der Waals surface area contributed by atoms with Crippen molar-refractivity contribution in [3.05, 3.63) is 64.9 Å². The minimum absolute atomic E-state index is 0.0803. The molecule has 1 amide bonds. The Balaban J connectivity index is 1.97. The molecule has 3 rings (SSSR count). The van der Waals surface area contributed by atoms with Gasteiger partial charge in [0.25, 0.3) is 0 Å². The van der Waals surface area contributed by atoms with E-state index < -0.39 is 24.3 Å². The van der Waals surface area contributed by atoms with E-state index in [0.29, 0.717) is 27.8 Å². The van der Waals surface area contributed by atoms with Crippen molar-refractivity contribution in [3.63, 3.8) is 0 Å². The number of ether oxygens (including phenoxy) is 2. The minimum atomic E-state index is -0.655. The van der Waals surface area contributed by atoms with Crippen LogP contribution in [0.1, 0.15) is 40.1 Å². The largest absolute Gasteiger partial charge is 0.469 e. The number of benzene rings is 2. The number of nitrogens with one attached hydrogen (secondary N) is 1. The monoisotopic (exact) mass is 437 g/mol. The Kier molecular flexibility index (Phi) is 7.04. The summed E-state index contributed by atoms with van der Waals surface area (Å²) in [4.78, 5) is 48.1. The number of methoxy groups -OCH3 is 2. The quantitative estimate of drug-likeness (QED) is 0.326. The van der Waals surface area contributed by atoms with Gasteiger partial charge in [-0.15, -0.1) is 0 Å². The maximum atomic E-state index is 13.1. The molecule has 0 saturated heterocycles. The number of hydrogen-bond acceptors (Lipinski definition) is 7. The van der Waals surface area contributed by atoms with Crippen molar-refractivity contribution in [2.24, 2.45) is 0 Å². The van der Waals surface area contributed by atoms with Gasteiger partial charge in [0.1, 0.15) is 12.0 Å². The topological polar surface area (TPSA) is 112 Å². The lowest BCUT2D eigenvalue weighted by Crippen LogP contribution is -2.17. The van der Waals surface area contributed by atoms with Gasteiger partial charge in [-0.3, -0.25) is 19.2 Å². The van der Waals surface area contributed by atoms with E-state index in [1.165, 1.54) is 14.2 Å². The molecule has 0 radical (unpaired) electrons. The van der Waals surface area contributed by atoms with Gasteiger partial charge >= 0.3 is 11.9 Å². The minimum Gasteiger partial charge on any atom is -0.469 e. The van der Waals surface area contributed by atoms with Gasteiger partial charge in [0.05, 0.1) is 14.2 Å². The number of esters is 2. The second-order valence-corrected chi connectivity index (χ2v) is 7.19. The molecule has 0 atom stereocenters. The third-order valence-electron chi connectivity index (χ3n) is 4.94. The summed E-state index contributed by atoms with van der Waals surface area (Å²) in [6.07, 6.45) is -0.0915. The van der Waals surface area contributed by atoms with Gasteiger partial charge in [-0.25, -0.2) is 0 Å². The van der Waals surface area contributed by atoms with Crippen LogP contribution in [0, 0.1) is 6.92 Å². The maximum Gasteiger partial charge on any atom is 0.315 e. The van der Waals surface area contributed by atoms with Gasteiger partial charge < -0.3 is 19.2 Å². The highest BCUT2D eigenvalue weighted by molar-refractivity contribution is 6.11. The highest BCUT2D eigenvalue weighted by Gasteiger charge is 2.23. The number of hydrogen-bond donors (Lipinski definition) is 1. The first-order chi connectivity index (χ1) is 15.3. The molecule has 8 nitrogen and oxygen atoms in total. The van der Waals surface area contributed by atoms with E-state index in [0.717, 1.165) is 5.56 Å². The van der Waals surface area contributed by atoms with Crippen molar-refractivity contribution in [2.75, 3.05) is 19.5 Å². The van der Waals surface area contributed by atoms with Gasteiger partial charge in [0.2, 0.25) is 11.7 Å². The number of fused-ring (bicyclic) bond motifs is 1. The molecular weight excluding hydrogens is 414 g/mol. The first kappa shape index (κ1) is 22.7. The van der Waals surface area contributed by atoms with E-state index in [1.807, 2.05) is 19.1 Å². The maximum absolute atomic E-state index is 13.1. The lowest BCUT2D eigenvalue weighted by molar-refractivity contribution is -0.143. The smallest absolute Gasteiger partial charge is 0.315 e. The third kappa shape index (κ3) is 5.21. The van der Waals surface area contributed by atoms with Crippen LogP contribution in [0.5, 0.6) is 0 Å². The Hall–Kier alpha value is -3.94. The normalized spacial score (nSPS) is 10.6. The molecule has 0 aliphatic carbocycles. The highest BCUT2D eigenvalue weighted by atomic mass is 16.5. The van der Waals surface area contributed by atoms with Crippen LogP contribution in [0.2, 0.25) is 0 Å². The van der Waals surface area contributed by atoms with Crippen LogP contribution in [0.15, 0.2) is 46.9 Å². The number of aryl methyl sites for hydroxylation is 2. The van der Waals surface area contributed by atoms with Gasteiger partial charge in [0, 0.05) is 34.7 Å². The first-order valence-corrected chi connectivity index (χ1v) is 9.92. The molecule has 0 saturated carbocycles. The number of amides is 1. The van der Waals surface area contributed by atoms with E-state index in [2.05, 4.69) is 10.1 Å². The third-order valence-corrected chi connectivity index (χ3v) is 4.94. The van der Waals surface area contributed by atoms with E-state index in [4.69, 9.17) is 9.15 Å². The molecule has 2 aromatic carbocycles. The number of carbonyl (C=O) groups is 4. The fourth-order valence-electron chi connectivity index (χ4n) is 3.23. The fraction of sp³-hybridized carbons (Fsp3) is 0.250. The van der Waals surface area contributed by atoms with Crippen LogP contribution in [0.3, 0.4) is 0 Å². The lowest BCUT2D eigenvalue weighted by Gasteiger charge is -2.05. The van der Waals surface area contributed by atoms with Gasteiger partial charge in [-0.1, -0.05) is 29.8 Å². The van der Waals surface area contributed by atoms with Gasteiger partial charge in [-0.05, 0) is 25.5 Å². The summed E-state index contributed by atoms with van der Waals surface area (Å²) >= 11 is 0. The summed E-state index contributed by atoms with van der Waals surface area (Å²) < 4.78 is 15.1. The number of anilines is 1.